The van der Waals surface area contributed by atoms with Crippen LogP contribution in [0.3, 0.4) is 0 Å². The number of methoxy groups -OCH3 is 1. The van der Waals surface area contributed by atoms with Crippen molar-refractivity contribution in [1.82, 2.24) is 4.90 Å². The Morgan fingerprint density at radius 1 is 1.00 bits per heavy atom. The summed E-state index contributed by atoms with van der Waals surface area (Å²) in [6, 6.07) is 6.36. The molecule has 2 aliphatic rings. The number of rotatable bonds is 5. The maximum absolute atomic E-state index is 12.7. The van der Waals surface area contributed by atoms with Gasteiger partial charge in [-0.25, -0.2) is 0 Å². The van der Waals surface area contributed by atoms with Crippen molar-refractivity contribution in [3.8, 4) is 0 Å². The molecule has 5 heteroatoms. The van der Waals surface area contributed by atoms with E-state index in [1.807, 2.05) is 0 Å². The molecule has 1 aromatic carbocycles. The fourth-order valence-corrected chi connectivity index (χ4v) is 4.49. The largest absolute Gasteiger partial charge is 0.416 e. The summed E-state index contributed by atoms with van der Waals surface area (Å²) in [6.07, 6.45) is 3.12. The van der Waals surface area contributed by atoms with Crippen LogP contribution in [0.2, 0.25) is 0 Å². The zero-order chi connectivity index (χ0) is 17.9. The highest BCUT2D eigenvalue weighted by atomic mass is 19.4. The van der Waals surface area contributed by atoms with Crippen LogP contribution in [0.5, 0.6) is 0 Å². The van der Waals surface area contributed by atoms with Crippen LogP contribution < -0.4 is 0 Å². The lowest BCUT2D eigenvalue weighted by atomic mass is 9.90. The van der Waals surface area contributed by atoms with E-state index in [-0.39, 0.29) is 0 Å². The van der Waals surface area contributed by atoms with Crippen molar-refractivity contribution >= 4 is 0 Å². The maximum atomic E-state index is 12.7. The van der Waals surface area contributed by atoms with Gasteiger partial charge in [0.2, 0.25) is 0 Å². The first-order valence-corrected chi connectivity index (χ1v) is 9.36. The molecule has 0 aromatic heterocycles. The summed E-state index contributed by atoms with van der Waals surface area (Å²) in [7, 11) is 1.73. The average molecular weight is 355 g/mol. The van der Waals surface area contributed by atoms with Gasteiger partial charge in [0.25, 0.3) is 0 Å². The van der Waals surface area contributed by atoms with E-state index in [0.717, 1.165) is 31.7 Å². The number of benzene rings is 1. The number of nitrogens with zero attached hydrogens (tertiary/aromatic N) is 1. The van der Waals surface area contributed by atoms with E-state index in [1.165, 1.54) is 44.2 Å². The van der Waals surface area contributed by atoms with Crippen LogP contribution in [-0.2, 0) is 17.3 Å². The number of likely N-dealkylation sites (tertiary alicyclic amines) is 1. The van der Waals surface area contributed by atoms with Crippen molar-refractivity contribution in [2.45, 2.75) is 50.7 Å². The smallest absolute Gasteiger partial charge is 0.384 e. The third kappa shape index (κ3) is 4.76. The number of halogens is 3. The molecule has 1 aliphatic heterocycles. The molecule has 1 saturated carbocycles. The van der Waals surface area contributed by atoms with Crippen molar-refractivity contribution in [2.24, 2.45) is 11.8 Å². The minimum Gasteiger partial charge on any atom is -0.384 e. The van der Waals surface area contributed by atoms with Crippen LogP contribution in [-0.4, -0.2) is 37.7 Å². The minimum atomic E-state index is -4.26. The highest BCUT2D eigenvalue weighted by molar-refractivity contribution is 5.25. The van der Waals surface area contributed by atoms with Crippen molar-refractivity contribution in [1.29, 1.82) is 0 Å². The van der Waals surface area contributed by atoms with E-state index >= 15 is 0 Å². The van der Waals surface area contributed by atoms with Gasteiger partial charge in [-0.1, -0.05) is 31.4 Å². The molecule has 0 spiro atoms. The Morgan fingerprint density at radius 3 is 2.24 bits per heavy atom. The molecule has 2 atom stereocenters. The lowest BCUT2D eigenvalue weighted by Crippen LogP contribution is -2.35. The molecule has 0 radical (unpaired) electrons. The van der Waals surface area contributed by atoms with Gasteiger partial charge in [0.15, 0.2) is 0 Å². The molecule has 0 bridgehead atoms. The maximum Gasteiger partial charge on any atom is 0.416 e. The van der Waals surface area contributed by atoms with Gasteiger partial charge in [0.1, 0.15) is 0 Å². The zero-order valence-electron chi connectivity index (χ0n) is 14.9. The standard InChI is InChI=1S/C20H28F3NO/c1-25-14-17-13-24(19-5-3-2-4-6-19)12-16(17)11-15-7-9-18(10-8-15)20(21,22)23/h7-10,16-17,19H,2-6,11-14H2,1H3. The molecule has 25 heavy (non-hydrogen) atoms. The third-order valence-electron chi connectivity index (χ3n) is 5.86. The van der Waals surface area contributed by atoms with Gasteiger partial charge in [-0.15, -0.1) is 0 Å². The predicted octanol–water partition coefficient (Wildman–Crippen LogP) is 4.78. The van der Waals surface area contributed by atoms with E-state index in [9.17, 15) is 13.2 Å². The first kappa shape index (κ1) is 18.7. The molecular weight excluding hydrogens is 327 g/mol. The van der Waals surface area contributed by atoms with E-state index in [1.54, 1.807) is 19.2 Å². The van der Waals surface area contributed by atoms with Gasteiger partial charge in [-0.05, 0) is 48.8 Å². The fourth-order valence-electron chi connectivity index (χ4n) is 4.49. The first-order chi connectivity index (χ1) is 12.0. The minimum absolute atomic E-state index is 0.457. The molecule has 1 heterocycles. The lowest BCUT2D eigenvalue weighted by Gasteiger charge is -2.31. The highest BCUT2D eigenvalue weighted by Crippen LogP contribution is 2.34. The summed E-state index contributed by atoms with van der Waals surface area (Å²) < 4.78 is 43.6. The molecule has 3 rings (SSSR count). The molecular formula is C20H28F3NO. The van der Waals surface area contributed by atoms with Crippen LogP contribution in [0.15, 0.2) is 24.3 Å². The summed E-state index contributed by atoms with van der Waals surface area (Å²) in [5.74, 6) is 0.924. The van der Waals surface area contributed by atoms with Crippen LogP contribution in [0.1, 0.15) is 43.2 Å². The highest BCUT2D eigenvalue weighted by Gasteiger charge is 2.36. The van der Waals surface area contributed by atoms with Gasteiger partial charge in [-0.2, -0.15) is 13.2 Å². The molecule has 1 saturated heterocycles. The van der Waals surface area contributed by atoms with E-state index in [4.69, 9.17) is 4.74 Å². The van der Waals surface area contributed by atoms with Crippen LogP contribution in [0, 0.1) is 11.8 Å². The van der Waals surface area contributed by atoms with Gasteiger partial charge in [0.05, 0.1) is 12.2 Å². The Kier molecular flexibility index (Phi) is 6.05. The van der Waals surface area contributed by atoms with Crippen LogP contribution >= 0.6 is 0 Å². The fraction of sp³-hybridized carbons (Fsp3) is 0.700. The topological polar surface area (TPSA) is 12.5 Å². The molecule has 1 aliphatic carbocycles. The van der Waals surface area contributed by atoms with Gasteiger partial charge in [-0.3, -0.25) is 4.90 Å². The second-order valence-electron chi connectivity index (χ2n) is 7.62. The summed E-state index contributed by atoms with van der Waals surface area (Å²) >= 11 is 0. The van der Waals surface area contributed by atoms with Crippen molar-refractivity contribution in [3.63, 3.8) is 0 Å². The second-order valence-corrected chi connectivity index (χ2v) is 7.62. The molecule has 0 N–H and O–H groups in total. The summed E-state index contributed by atoms with van der Waals surface area (Å²) in [5, 5.41) is 0. The van der Waals surface area contributed by atoms with E-state index in [0.29, 0.717) is 17.9 Å². The van der Waals surface area contributed by atoms with Crippen molar-refractivity contribution in [2.75, 3.05) is 26.8 Å². The number of hydrogen-bond acceptors (Lipinski definition) is 2. The second kappa shape index (κ2) is 8.09. The average Bonchev–Trinajstić information content (AvgIpc) is 2.98. The Balaban J connectivity index is 1.64. The molecule has 0 amide bonds. The summed E-state index contributed by atoms with van der Waals surface area (Å²) in [4.78, 5) is 2.61. The first-order valence-electron chi connectivity index (χ1n) is 9.36. The lowest BCUT2D eigenvalue weighted by molar-refractivity contribution is -0.137. The summed E-state index contributed by atoms with van der Waals surface area (Å²) in [6.45, 7) is 2.83. The Labute approximate surface area is 148 Å². The Morgan fingerprint density at radius 2 is 1.64 bits per heavy atom. The predicted molar refractivity (Wildman–Crippen MR) is 92.5 cm³/mol. The van der Waals surface area contributed by atoms with Crippen molar-refractivity contribution < 1.29 is 17.9 Å². The Hall–Kier alpha value is -1.07. The monoisotopic (exact) mass is 355 g/mol. The van der Waals surface area contributed by atoms with Crippen LogP contribution in [0.4, 0.5) is 13.2 Å². The van der Waals surface area contributed by atoms with Gasteiger partial charge in [0, 0.05) is 26.2 Å². The number of alkyl halides is 3. The zero-order valence-corrected chi connectivity index (χ0v) is 14.9. The van der Waals surface area contributed by atoms with Gasteiger partial charge < -0.3 is 4.74 Å². The normalized spacial score (nSPS) is 26.2. The molecule has 2 nitrogen and oxygen atoms in total. The quantitative estimate of drug-likeness (QED) is 0.754. The molecule has 140 valence electrons. The third-order valence-corrected chi connectivity index (χ3v) is 5.86. The van der Waals surface area contributed by atoms with Gasteiger partial charge >= 0.3 is 6.18 Å². The van der Waals surface area contributed by atoms with E-state index < -0.39 is 11.7 Å². The van der Waals surface area contributed by atoms with E-state index in [2.05, 4.69) is 4.90 Å². The number of hydrogen-bond donors (Lipinski definition) is 0. The molecule has 1 aromatic rings. The SMILES string of the molecule is COCC1CN(C2CCCCC2)CC1Cc1ccc(C(F)(F)F)cc1. The molecule has 2 fully saturated rings. The molecule has 2 unspecified atom stereocenters. The summed E-state index contributed by atoms with van der Waals surface area (Å²) in [5.41, 5.74) is 0.421. The van der Waals surface area contributed by atoms with Crippen LogP contribution in [0.25, 0.3) is 0 Å². The van der Waals surface area contributed by atoms with Crippen molar-refractivity contribution in [3.05, 3.63) is 35.4 Å². The number of ether oxygens (including phenoxy) is 1. The Bertz CT molecular complexity index is 537.